The molecule has 3 rings (SSSR count). The molecule has 2 heterocycles. The van der Waals surface area contributed by atoms with Gasteiger partial charge in [0.1, 0.15) is 17.2 Å². The second-order valence-electron chi connectivity index (χ2n) is 7.34. The number of fused-ring (bicyclic) bond motifs is 1. The molecule has 0 radical (unpaired) electrons. The van der Waals surface area contributed by atoms with Gasteiger partial charge >= 0.3 is 0 Å². The Bertz CT molecular complexity index is 944. The summed E-state index contributed by atoms with van der Waals surface area (Å²) in [5.41, 5.74) is 2.11. The standard InChI is InChI=1S/C19H23N5O2/c1-13-16(25)9-8-14(18(13)26)21-17-15-7-5-6-11-23(15)22-19(17)20-10-12-24(2,3)4/h5-9,11H,10,12H2,1-4H3,(H-,20,22,25,26)/p+1. The Labute approximate surface area is 152 Å². The predicted octanol–water partition coefficient (Wildman–Crippen LogP) is 2.50. The number of aromatic nitrogens is 2. The van der Waals surface area contributed by atoms with Crippen LogP contribution < -0.4 is 5.32 Å². The van der Waals surface area contributed by atoms with Gasteiger partial charge in [-0.2, -0.15) is 0 Å². The quantitative estimate of drug-likeness (QED) is 0.639. The molecular formula is C19H24N5O2+. The zero-order valence-electron chi connectivity index (χ0n) is 15.5. The van der Waals surface area contributed by atoms with Crippen molar-refractivity contribution in [1.82, 2.24) is 9.61 Å². The van der Waals surface area contributed by atoms with E-state index in [0.717, 1.165) is 23.1 Å². The Morgan fingerprint density at radius 1 is 1.27 bits per heavy atom. The molecule has 7 heteroatoms. The highest BCUT2D eigenvalue weighted by Gasteiger charge is 2.19. The second-order valence-corrected chi connectivity index (χ2v) is 7.34. The van der Waals surface area contributed by atoms with Crippen molar-refractivity contribution in [3.63, 3.8) is 0 Å². The normalized spacial score (nSPS) is 16.8. The predicted molar refractivity (Wildman–Crippen MR) is 103 cm³/mol. The zero-order valence-corrected chi connectivity index (χ0v) is 15.5. The molecule has 26 heavy (non-hydrogen) atoms. The van der Waals surface area contributed by atoms with E-state index in [9.17, 15) is 9.90 Å². The molecule has 2 aromatic heterocycles. The van der Waals surface area contributed by atoms with E-state index in [0.29, 0.717) is 22.8 Å². The van der Waals surface area contributed by atoms with Crippen LogP contribution in [0.5, 0.6) is 0 Å². The summed E-state index contributed by atoms with van der Waals surface area (Å²) in [5.74, 6) is 0.348. The van der Waals surface area contributed by atoms with E-state index in [1.165, 1.54) is 12.2 Å². The number of hydrogen-bond acceptors (Lipinski definition) is 5. The molecule has 0 bridgehead atoms. The number of aliphatic hydroxyl groups excluding tert-OH is 1. The van der Waals surface area contributed by atoms with Gasteiger partial charge in [-0.3, -0.25) is 4.79 Å². The maximum absolute atomic E-state index is 11.7. The number of nitrogens with one attached hydrogen (secondary N) is 1. The number of hydrogen-bond donors (Lipinski definition) is 2. The third-order valence-corrected chi connectivity index (χ3v) is 4.18. The molecule has 1 aliphatic carbocycles. The van der Waals surface area contributed by atoms with Gasteiger partial charge in [0.25, 0.3) is 0 Å². The molecule has 7 nitrogen and oxygen atoms in total. The van der Waals surface area contributed by atoms with Crippen molar-refractivity contribution in [2.45, 2.75) is 6.92 Å². The van der Waals surface area contributed by atoms with Crippen LogP contribution in [0, 0.1) is 0 Å². The number of likely N-dealkylation sites (N-methyl/N-ethyl adjacent to an activating group) is 1. The van der Waals surface area contributed by atoms with E-state index in [1.54, 1.807) is 11.4 Å². The lowest BCUT2D eigenvalue weighted by atomic mass is 10.0. The lowest BCUT2D eigenvalue weighted by Crippen LogP contribution is -2.38. The van der Waals surface area contributed by atoms with E-state index in [1.807, 2.05) is 24.4 Å². The van der Waals surface area contributed by atoms with Crippen LogP contribution >= 0.6 is 0 Å². The van der Waals surface area contributed by atoms with E-state index >= 15 is 0 Å². The largest absolute Gasteiger partial charge is 0.505 e. The summed E-state index contributed by atoms with van der Waals surface area (Å²) < 4.78 is 2.58. The number of aliphatic imine (C=N–C) groups is 1. The molecule has 1 aliphatic rings. The van der Waals surface area contributed by atoms with Crippen LogP contribution in [0.25, 0.3) is 5.52 Å². The molecule has 0 atom stereocenters. The van der Waals surface area contributed by atoms with E-state index in [-0.39, 0.29) is 11.5 Å². The molecule has 136 valence electrons. The highest BCUT2D eigenvalue weighted by Crippen LogP contribution is 2.31. The van der Waals surface area contributed by atoms with Gasteiger partial charge in [-0.1, -0.05) is 6.07 Å². The van der Waals surface area contributed by atoms with Gasteiger partial charge in [0.2, 0.25) is 0 Å². The highest BCUT2D eigenvalue weighted by molar-refractivity contribution is 6.21. The van der Waals surface area contributed by atoms with Crippen LogP contribution in [0.15, 0.2) is 52.9 Å². The maximum atomic E-state index is 11.7. The summed E-state index contributed by atoms with van der Waals surface area (Å²) >= 11 is 0. The fraction of sp³-hybridized carbons (Fsp3) is 0.316. The lowest BCUT2D eigenvalue weighted by molar-refractivity contribution is -0.868. The van der Waals surface area contributed by atoms with Crippen LogP contribution in [0.2, 0.25) is 0 Å². The number of quaternary nitrogens is 1. The van der Waals surface area contributed by atoms with Gasteiger partial charge in [0.05, 0.1) is 39.7 Å². The van der Waals surface area contributed by atoms with E-state index in [4.69, 9.17) is 0 Å². The summed E-state index contributed by atoms with van der Waals surface area (Å²) in [6.07, 6.45) is 4.81. The van der Waals surface area contributed by atoms with Gasteiger partial charge < -0.3 is 14.9 Å². The first-order valence-electron chi connectivity index (χ1n) is 8.49. The van der Waals surface area contributed by atoms with Crippen molar-refractivity contribution in [1.29, 1.82) is 0 Å². The number of nitrogens with zero attached hydrogens (tertiary/aromatic N) is 4. The van der Waals surface area contributed by atoms with Crippen molar-refractivity contribution in [2.75, 3.05) is 39.5 Å². The Kier molecular flexibility index (Phi) is 4.65. The van der Waals surface area contributed by atoms with Crippen LogP contribution in [0.3, 0.4) is 0 Å². The molecule has 0 amide bonds. The molecule has 0 spiro atoms. The van der Waals surface area contributed by atoms with E-state index in [2.05, 4.69) is 36.6 Å². The first-order chi connectivity index (χ1) is 12.3. The lowest BCUT2D eigenvalue weighted by Gasteiger charge is -2.23. The van der Waals surface area contributed by atoms with Crippen LogP contribution in [0.1, 0.15) is 6.92 Å². The number of pyridine rings is 1. The maximum Gasteiger partial charge on any atom is 0.185 e. The molecule has 0 aliphatic heterocycles. The summed E-state index contributed by atoms with van der Waals surface area (Å²) in [4.78, 5) is 16.3. The number of aliphatic hydroxyl groups is 1. The molecule has 2 aromatic rings. The molecule has 0 aromatic carbocycles. The topological polar surface area (TPSA) is 79.0 Å². The first kappa shape index (κ1) is 17.9. The monoisotopic (exact) mass is 354 g/mol. The van der Waals surface area contributed by atoms with Gasteiger partial charge in [0.15, 0.2) is 11.6 Å². The molecular weight excluding hydrogens is 330 g/mol. The third kappa shape index (κ3) is 3.67. The van der Waals surface area contributed by atoms with E-state index < -0.39 is 0 Å². The number of carbonyl (C=O) groups excluding carboxylic acids is 1. The minimum Gasteiger partial charge on any atom is -0.505 e. The van der Waals surface area contributed by atoms with Crippen LogP contribution in [0.4, 0.5) is 11.5 Å². The van der Waals surface area contributed by atoms with Gasteiger partial charge in [-0.05, 0) is 31.2 Å². The Hall–Kier alpha value is -2.93. The van der Waals surface area contributed by atoms with Crippen molar-refractivity contribution in [3.05, 3.63) is 47.9 Å². The van der Waals surface area contributed by atoms with Crippen LogP contribution in [-0.4, -0.2) is 64.9 Å². The number of carbonyl (C=O) groups is 1. The molecule has 0 fully saturated rings. The van der Waals surface area contributed by atoms with Gasteiger partial charge in [-0.25, -0.2) is 9.51 Å². The minimum atomic E-state index is -0.206. The highest BCUT2D eigenvalue weighted by atomic mass is 16.3. The molecule has 0 saturated carbocycles. The SMILES string of the molecule is CC1=C(O)C(=Nc2c(NCC[N+](C)(C)C)nn3ccccc23)C=CC1=O. The van der Waals surface area contributed by atoms with Crippen molar-refractivity contribution >= 4 is 28.5 Å². The van der Waals surface area contributed by atoms with Crippen molar-refractivity contribution < 1.29 is 14.4 Å². The number of allylic oxidation sites excluding steroid dienone is 3. The summed E-state index contributed by atoms with van der Waals surface area (Å²) in [5, 5.41) is 18.2. The average Bonchev–Trinajstić information content (AvgIpc) is 2.92. The fourth-order valence-electron chi connectivity index (χ4n) is 2.60. The van der Waals surface area contributed by atoms with Crippen molar-refractivity contribution in [2.24, 2.45) is 4.99 Å². The smallest absolute Gasteiger partial charge is 0.185 e. The summed E-state index contributed by atoms with van der Waals surface area (Å²) in [6.45, 7) is 3.25. The minimum absolute atomic E-state index is 0.0925. The number of ketones is 1. The van der Waals surface area contributed by atoms with Gasteiger partial charge in [0, 0.05) is 11.8 Å². The molecule has 2 N–H and O–H groups in total. The molecule has 0 saturated heterocycles. The second kappa shape index (κ2) is 6.76. The summed E-state index contributed by atoms with van der Waals surface area (Å²) in [7, 11) is 6.38. The number of anilines is 1. The van der Waals surface area contributed by atoms with Gasteiger partial charge in [-0.15, -0.1) is 5.10 Å². The third-order valence-electron chi connectivity index (χ3n) is 4.18. The Morgan fingerprint density at radius 3 is 2.77 bits per heavy atom. The molecule has 0 unspecified atom stereocenters. The van der Waals surface area contributed by atoms with Crippen molar-refractivity contribution in [3.8, 4) is 0 Å². The Morgan fingerprint density at radius 2 is 2.04 bits per heavy atom. The first-order valence-corrected chi connectivity index (χ1v) is 8.49. The average molecular weight is 354 g/mol. The number of rotatable bonds is 5. The zero-order chi connectivity index (χ0) is 18.9. The summed E-state index contributed by atoms with van der Waals surface area (Å²) in [6, 6.07) is 5.73. The Balaban J connectivity index is 2.01. The van der Waals surface area contributed by atoms with Crippen LogP contribution in [-0.2, 0) is 4.79 Å². The fourth-order valence-corrected chi connectivity index (χ4v) is 2.60.